The molecule has 0 saturated carbocycles. The molecule has 2 unspecified atom stereocenters. The Morgan fingerprint density at radius 1 is 1.31 bits per heavy atom. The first-order chi connectivity index (χ1) is 7.90. The van der Waals surface area contributed by atoms with Gasteiger partial charge in [-0.3, -0.25) is 0 Å². The van der Waals surface area contributed by atoms with Crippen molar-refractivity contribution in [3.8, 4) is 0 Å². The summed E-state index contributed by atoms with van der Waals surface area (Å²) in [4.78, 5) is 1.72. The predicted octanol–water partition coefficient (Wildman–Crippen LogP) is 5.24. The minimum absolute atomic E-state index is 0.880. The second-order valence-electron chi connectivity index (χ2n) is 4.93. The molecule has 92 valence electrons. The quantitative estimate of drug-likeness (QED) is 0.596. The molecule has 16 heavy (non-hydrogen) atoms. The first-order valence-corrected chi connectivity index (χ1v) is 8.81. The van der Waals surface area contributed by atoms with Crippen molar-refractivity contribution in [3.63, 3.8) is 0 Å². The highest BCUT2D eigenvalue weighted by atomic mass is 32.2. The molecule has 2 heterocycles. The number of allylic oxidation sites excluding steroid dienone is 1. The fourth-order valence-electron chi connectivity index (χ4n) is 2.52. The Morgan fingerprint density at radius 2 is 2.25 bits per heavy atom. The lowest BCUT2D eigenvalue weighted by Crippen LogP contribution is -2.00. The Hall–Kier alpha value is 0.440. The smallest absolute Gasteiger partial charge is 0.0354 e. The molecule has 0 radical (unpaired) electrons. The largest absolute Gasteiger partial charge is 0.153 e. The van der Waals surface area contributed by atoms with E-state index in [1.54, 1.807) is 4.91 Å². The van der Waals surface area contributed by atoms with Gasteiger partial charge in [-0.15, -0.1) is 11.8 Å². The zero-order valence-electron chi connectivity index (χ0n) is 10.4. The fourth-order valence-corrected chi connectivity index (χ4v) is 5.43. The van der Waals surface area contributed by atoms with Gasteiger partial charge in [0.15, 0.2) is 0 Å². The Kier molecular flexibility index (Phi) is 5.64. The first kappa shape index (κ1) is 12.9. The van der Waals surface area contributed by atoms with Crippen LogP contribution in [0.5, 0.6) is 0 Å². The van der Waals surface area contributed by atoms with E-state index in [4.69, 9.17) is 0 Å². The molecule has 1 fully saturated rings. The van der Waals surface area contributed by atoms with Crippen LogP contribution in [0.4, 0.5) is 0 Å². The monoisotopic (exact) mass is 256 g/mol. The van der Waals surface area contributed by atoms with Crippen molar-refractivity contribution in [1.29, 1.82) is 0 Å². The second-order valence-corrected chi connectivity index (χ2v) is 7.62. The summed E-state index contributed by atoms with van der Waals surface area (Å²) in [6, 6.07) is 0. The number of hydrogen-bond acceptors (Lipinski definition) is 2. The van der Waals surface area contributed by atoms with Crippen molar-refractivity contribution >= 4 is 23.5 Å². The molecule has 0 bridgehead atoms. The van der Waals surface area contributed by atoms with Gasteiger partial charge in [-0.1, -0.05) is 38.7 Å². The van der Waals surface area contributed by atoms with Crippen LogP contribution in [0.15, 0.2) is 11.0 Å². The number of thioether (sulfide) groups is 2. The lowest BCUT2D eigenvalue weighted by Gasteiger charge is -2.13. The van der Waals surface area contributed by atoms with Crippen LogP contribution in [-0.4, -0.2) is 16.3 Å². The molecule has 2 heteroatoms. The molecule has 2 aliphatic heterocycles. The van der Waals surface area contributed by atoms with E-state index in [2.05, 4.69) is 36.5 Å². The second kappa shape index (κ2) is 7.00. The summed E-state index contributed by atoms with van der Waals surface area (Å²) >= 11 is 4.39. The highest BCUT2D eigenvalue weighted by molar-refractivity contribution is 8.06. The molecule has 0 aromatic carbocycles. The summed E-state index contributed by atoms with van der Waals surface area (Å²) < 4.78 is 0. The number of unbranched alkanes of at least 4 members (excludes halogenated alkanes) is 3. The number of hydrogen-bond donors (Lipinski definition) is 0. The maximum Gasteiger partial charge on any atom is 0.0354 e. The van der Waals surface area contributed by atoms with Crippen LogP contribution in [0.2, 0.25) is 0 Å². The topological polar surface area (TPSA) is 0 Å². The average Bonchev–Trinajstić information content (AvgIpc) is 2.94. The van der Waals surface area contributed by atoms with Crippen LogP contribution >= 0.6 is 23.5 Å². The molecule has 0 N–H and O–H groups in total. The molecule has 0 spiro atoms. The van der Waals surface area contributed by atoms with Gasteiger partial charge in [0.25, 0.3) is 0 Å². The Morgan fingerprint density at radius 3 is 3.00 bits per heavy atom. The summed E-state index contributed by atoms with van der Waals surface area (Å²) in [6.07, 6.45) is 13.9. The van der Waals surface area contributed by atoms with Crippen molar-refractivity contribution in [2.75, 3.05) is 5.75 Å². The van der Waals surface area contributed by atoms with E-state index < -0.39 is 0 Å². The van der Waals surface area contributed by atoms with Crippen molar-refractivity contribution < 1.29 is 0 Å². The third-order valence-electron chi connectivity index (χ3n) is 3.51. The van der Waals surface area contributed by atoms with Crippen molar-refractivity contribution in [2.24, 2.45) is 0 Å². The molecule has 0 nitrogen and oxygen atoms in total. The standard InChI is InChI=1S/C14H24S2/c1-2-3-4-5-7-12-9-10-14(16-12)13-8-6-11-15-13/h10,12-13H,2-9,11H2,1H3. The lowest BCUT2D eigenvalue weighted by molar-refractivity contribution is 0.621. The van der Waals surface area contributed by atoms with Crippen LogP contribution in [0.3, 0.4) is 0 Å². The summed E-state index contributed by atoms with van der Waals surface area (Å²) in [6.45, 7) is 2.29. The SMILES string of the molecule is CCCCCCC1CC=C(C2CCCS2)S1. The highest BCUT2D eigenvalue weighted by Gasteiger charge is 2.26. The Bertz CT molecular complexity index is 229. The molecule has 0 amide bonds. The number of rotatable bonds is 6. The molecule has 0 aromatic rings. The van der Waals surface area contributed by atoms with Crippen molar-refractivity contribution in [3.05, 3.63) is 11.0 Å². The van der Waals surface area contributed by atoms with E-state index in [1.807, 2.05) is 0 Å². The first-order valence-electron chi connectivity index (χ1n) is 6.88. The summed E-state index contributed by atoms with van der Waals surface area (Å²) in [5.41, 5.74) is 0. The van der Waals surface area contributed by atoms with Crippen LogP contribution in [0.1, 0.15) is 58.3 Å². The third kappa shape index (κ3) is 3.73. The predicted molar refractivity (Wildman–Crippen MR) is 78.3 cm³/mol. The summed E-state index contributed by atoms with van der Waals surface area (Å²) in [7, 11) is 0. The zero-order valence-corrected chi connectivity index (χ0v) is 12.0. The van der Waals surface area contributed by atoms with Gasteiger partial charge in [-0.05, 0) is 36.3 Å². The van der Waals surface area contributed by atoms with Crippen LogP contribution in [0, 0.1) is 0 Å². The van der Waals surface area contributed by atoms with Crippen LogP contribution in [0.25, 0.3) is 0 Å². The summed E-state index contributed by atoms with van der Waals surface area (Å²) in [5, 5.41) is 1.80. The van der Waals surface area contributed by atoms with E-state index in [9.17, 15) is 0 Å². The molecule has 2 atom stereocenters. The van der Waals surface area contributed by atoms with Gasteiger partial charge < -0.3 is 0 Å². The van der Waals surface area contributed by atoms with E-state index in [-0.39, 0.29) is 0 Å². The zero-order chi connectivity index (χ0) is 11.2. The van der Waals surface area contributed by atoms with Gasteiger partial charge >= 0.3 is 0 Å². The molecule has 0 aromatic heterocycles. The maximum atomic E-state index is 2.54. The van der Waals surface area contributed by atoms with Gasteiger partial charge in [0.05, 0.1) is 0 Å². The molecule has 1 saturated heterocycles. The van der Waals surface area contributed by atoms with Gasteiger partial charge in [0.2, 0.25) is 0 Å². The van der Waals surface area contributed by atoms with Gasteiger partial charge in [-0.25, -0.2) is 0 Å². The third-order valence-corrected chi connectivity index (χ3v) is 6.56. The maximum absolute atomic E-state index is 2.54. The molecular formula is C14H24S2. The fraction of sp³-hybridized carbons (Fsp3) is 0.857. The van der Waals surface area contributed by atoms with Crippen molar-refractivity contribution in [1.82, 2.24) is 0 Å². The Balaban J connectivity index is 1.62. The molecule has 2 aliphatic rings. The average molecular weight is 256 g/mol. The molecule has 2 rings (SSSR count). The highest BCUT2D eigenvalue weighted by Crippen LogP contribution is 2.44. The Labute approximate surface area is 109 Å². The van der Waals surface area contributed by atoms with Crippen molar-refractivity contribution in [2.45, 2.75) is 68.8 Å². The van der Waals surface area contributed by atoms with Crippen LogP contribution in [-0.2, 0) is 0 Å². The summed E-state index contributed by atoms with van der Waals surface area (Å²) in [5.74, 6) is 1.39. The van der Waals surface area contributed by atoms with Gasteiger partial charge in [0, 0.05) is 10.5 Å². The normalized spacial score (nSPS) is 29.7. The molecular weight excluding hydrogens is 232 g/mol. The van der Waals surface area contributed by atoms with Gasteiger partial charge in [0.1, 0.15) is 0 Å². The van der Waals surface area contributed by atoms with E-state index >= 15 is 0 Å². The van der Waals surface area contributed by atoms with E-state index in [0.717, 1.165) is 10.5 Å². The van der Waals surface area contributed by atoms with Gasteiger partial charge in [-0.2, -0.15) is 11.8 Å². The minimum atomic E-state index is 0.880. The molecule has 0 aliphatic carbocycles. The minimum Gasteiger partial charge on any atom is -0.153 e. The van der Waals surface area contributed by atoms with Crippen LogP contribution < -0.4 is 0 Å². The van der Waals surface area contributed by atoms with E-state index in [0.29, 0.717) is 0 Å². The van der Waals surface area contributed by atoms with E-state index in [1.165, 1.54) is 57.1 Å². The lowest BCUT2D eigenvalue weighted by atomic mass is 10.1.